The summed E-state index contributed by atoms with van der Waals surface area (Å²) in [6.45, 7) is 1.94. The molecule has 0 aromatic rings. The highest BCUT2D eigenvalue weighted by Gasteiger charge is 2.35. The molecule has 5 heteroatoms. The second kappa shape index (κ2) is 6.12. The highest BCUT2D eigenvalue weighted by atomic mass is 32.2. The zero-order valence-corrected chi connectivity index (χ0v) is 10.3. The van der Waals surface area contributed by atoms with E-state index in [2.05, 4.69) is 11.4 Å². The molecule has 0 saturated heterocycles. The summed E-state index contributed by atoms with van der Waals surface area (Å²) in [4.78, 5) is 11.6. The van der Waals surface area contributed by atoms with Crippen molar-refractivity contribution in [1.82, 2.24) is 5.32 Å². The molecule has 1 aliphatic carbocycles. The Morgan fingerprint density at radius 2 is 2.25 bits per heavy atom. The van der Waals surface area contributed by atoms with Gasteiger partial charge in [0.25, 0.3) is 0 Å². The fourth-order valence-corrected chi connectivity index (χ4v) is 2.43. The predicted octanol–water partition coefficient (Wildman–Crippen LogP) is 1.05. The third-order valence-corrected chi connectivity index (χ3v) is 3.95. The van der Waals surface area contributed by atoms with Crippen LogP contribution < -0.4 is 5.32 Å². The minimum absolute atomic E-state index is 0.0624. The highest BCUT2D eigenvalue weighted by molar-refractivity contribution is 8.00. The van der Waals surface area contributed by atoms with Crippen molar-refractivity contribution in [2.24, 2.45) is 0 Å². The Kier molecular flexibility index (Phi) is 5.10. The summed E-state index contributed by atoms with van der Waals surface area (Å²) in [5.41, 5.74) is -0.625. The van der Waals surface area contributed by atoms with E-state index in [1.807, 2.05) is 6.92 Å². The van der Waals surface area contributed by atoms with Gasteiger partial charge in [0.15, 0.2) is 0 Å². The molecule has 16 heavy (non-hydrogen) atoms. The average Bonchev–Trinajstić information content (AvgIpc) is 2.75. The normalized spacial score (nSPS) is 20.1. The number of nitrogens with one attached hydrogen (secondary N) is 1. The van der Waals surface area contributed by atoms with E-state index >= 15 is 0 Å². The van der Waals surface area contributed by atoms with Crippen molar-refractivity contribution in [3.63, 3.8) is 0 Å². The van der Waals surface area contributed by atoms with Gasteiger partial charge in [0.2, 0.25) is 5.91 Å². The van der Waals surface area contributed by atoms with E-state index in [1.54, 1.807) is 0 Å². The lowest BCUT2D eigenvalue weighted by atomic mass is 10.0. The van der Waals surface area contributed by atoms with Crippen LogP contribution in [-0.4, -0.2) is 34.2 Å². The van der Waals surface area contributed by atoms with Crippen LogP contribution in [0.5, 0.6) is 0 Å². The van der Waals surface area contributed by atoms with Crippen LogP contribution in [0, 0.1) is 11.3 Å². The minimum atomic E-state index is -0.625. The lowest BCUT2D eigenvalue weighted by molar-refractivity contribution is -0.119. The first-order valence-electron chi connectivity index (χ1n) is 5.56. The topological polar surface area (TPSA) is 73.1 Å². The second-order valence-corrected chi connectivity index (χ2v) is 5.68. The first-order valence-corrected chi connectivity index (χ1v) is 6.61. The quantitative estimate of drug-likeness (QED) is 0.756. The van der Waals surface area contributed by atoms with Gasteiger partial charge in [0, 0.05) is 5.25 Å². The van der Waals surface area contributed by atoms with E-state index in [4.69, 9.17) is 10.4 Å². The number of amides is 1. The second-order valence-electron chi connectivity index (χ2n) is 4.25. The Morgan fingerprint density at radius 1 is 1.62 bits per heavy atom. The van der Waals surface area contributed by atoms with Gasteiger partial charge < -0.3 is 10.4 Å². The van der Waals surface area contributed by atoms with Crippen LogP contribution in [-0.2, 0) is 4.79 Å². The number of nitrogens with zero attached hydrogens (tertiary/aromatic N) is 1. The number of hydrogen-bond donors (Lipinski definition) is 2. The molecule has 0 heterocycles. The molecule has 1 unspecified atom stereocenters. The Balaban J connectivity index is 2.36. The SMILES string of the molecule is CC(CO)SCC(=O)NC1(C#N)CCCC1. The molecular weight excluding hydrogens is 224 g/mol. The molecule has 1 rings (SSSR count). The number of carbonyl (C=O) groups excluding carboxylic acids is 1. The van der Waals surface area contributed by atoms with E-state index in [0.29, 0.717) is 5.75 Å². The standard InChI is InChI=1S/C11H18N2O2S/c1-9(6-14)16-7-10(15)13-11(8-12)4-2-3-5-11/h9,14H,2-7H2,1H3,(H,13,15). The van der Waals surface area contributed by atoms with Crippen molar-refractivity contribution in [2.45, 2.75) is 43.4 Å². The molecule has 1 aliphatic rings. The van der Waals surface area contributed by atoms with Crippen LogP contribution in [0.15, 0.2) is 0 Å². The summed E-state index contributed by atoms with van der Waals surface area (Å²) in [5.74, 6) is 0.208. The monoisotopic (exact) mass is 242 g/mol. The van der Waals surface area contributed by atoms with Crippen LogP contribution in [0.4, 0.5) is 0 Å². The summed E-state index contributed by atoms with van der Waals surface area (Å²) in [6.07, 6.45) is 3.53. The first-order chi connectivity index (χ1) is 7.62. The smallest absolute Gasteiger partial charge is 0.231 e. The maximum Gasteiger partial charge on any atom is 0.231 e. The van der Waals surface area contributed by atoms with Crippen molar-refractivity contribution in [3.05, 3.63) is 0 Å². The van der Waals surface area contributed by atoms with Crippen LogP contribution in [0.3, 0.4) is 0 Å². The summed E-state index contributed by atoms with van der Waals surface area (Å²) >= 11 is 1.41. The number of carbonyl (C=O) groups is 1. The molecule has 90 valence electrons. The first kappa shape index (κ1) is 13.3. The minimum Gasteiger partial charge on any atom is -0.395 e. The Bertz CT molecular complexity index is 282. The molecule has 2 N–H and O–H groups in total. The number of aliphatic hydroxyl groups is 1. The number of thioether (sulfide) groups is 1. The maximum absolute atomic E-state index is 11.6. The molecule has 0 bridgehead atoms. The van der Waals surface area contributed by atoms with Crippen LogP contribution >= 0.6 is 11.8 Å². The van der Waals surface area contributed by atoms with Gasteiger partial charge in [0.05, 0.1) is 18.4 Å². The van der Waals surface area contributed by atoms with E-state index < -0.39 is 5.54 Å². The van der Waals surface area contributed by atoms with Gasteiger partial charge in [-0.3, -0.25) is 4.79 Å². The van der Waals surface area contributed by atoms with E-state index in [0.717, 1.165) is 25.7 Å². The lowest BCUT2D eigenvalue weighted by Crippen LogP contribution is -2.46. The molecule has 0 spiro atoms. The van der Waals surface area contributed by atoms with Gasteiger partial charge in [-0.15, -0.1) is 11.8 Å². The number of nitriles is 1. The molecular formula is C11H18N2O2S. The predicted molar refractivity (Wildman–Crippen MR) is 64.0 cm³/mol. The van der Waals surface area contributed by atoms with Crippen molar-refractivity contribution in [2.75, 3.05) is 12.4 Å². The summed E-state index contributed by atoms with van der Waals surface area (Å²) < 4.78 is 0. The number of rotatable bonds is 5. The molecule has 4 nitrogen and oxygen atoms in total. The zero-order valence-electron chi connectivity index (χ0n) is 9.53. The van der Waals surface area contributed by atoms with Gasteiger partial charge in [-0.1, -0.05) is 6.92 Å². The van der Waals surface area contributed by atoms with Gasteiger partial charge in [-0.25, -0.2) is 0 Å². The summed E-state index contributed by atoms with van der Waals surface area (Å²) in [6, 6.07) is 2.22. The molecule has 0 aromatic heterocycles. The van der Waals surface area contributed by atoms with E-state index in [1.165, 1.54) is 11.8 Å². The molecule has 1 saturated carbocycles. The zero-order chi connectivity index (χ0) is 12.0. The van der Waals surface area contributed by atoms with Crippen LogP contribution in [0.2, 0.25) is 0 Å². The van der Waals surface area contributed by atoms with Gasteiger partial charge in [0.1, 0.15) is 5.54 Å². The lowest BCUT2D eigenvalue weighted by Gasteiger charge is -2.22. The summed E-state index contributed by atoms with van der Waals surface area (Å²) in [5, 5.41) is 20.8. The summed E-state index contributed by atoms with van der Waals surface area (Å²) in [7, 11) is 0. The third-order valence-electron chi connectivity index (χ3n) is 2.81. The average molecular weight is 242 g/mol. The van der Waals surface area contributed by atoms with Gasteiger partial charge in [-0.2, -0.15) is 5.26 Å². The Labute approximate surface area is 100 Å². The van der Waals surface area contributed by atoms with Crippen LogP contribution in [0.25, 0.3) is 0 Å². The molecule has 0 radical (unpaired) electrons. The Hall–Kier alpha value is -0.730. The molecule has 0 aliphatic heterocycles. The van der Waals surface area contributed by atoms with Crippen molar-refractivity contribution < 1.29 is 9.90 Å². The van der Waals surface area contributed by atoms with Crippen molar-refractivity contribution in [1.29, 1.82) is 5.26 Å². The molecule has 1 atom stereocenters. The van der Waals surface area contributed by atoms with Crippen molar-refractivity contribution >= 4 is 17.7 Å². The number of hydrogen-bond acceptors (Lipinski definition) is 4. The van der Waals surface area contributed by atoms with Gasteiger partial charge in [-0.05, 0) is 25.7 Å². The highest BCUT2D eigenvalue weighted by Crippen LogP contribution is 2.28. The molecule has 1 fully saturated rings. The van der Waals surface area contributed by atoms with E-state index in [-0.39, 0.29) is 17.8 Å². The maximum atomic E-state index is 11.6. The fraction of sp³-hybridized carbons (Fsp3) is 0.818. The number of aliphatic hydroxyl groups excluding tert-OH is 1. The molecule has 0 aromatic carbocycles. The van der Waals surface area contributed by atoms with Gasteiger partial charge >= 0.3 is 0 Å². The third kappa shape index (κ3) is 3.69. The Morgan fingerprint density at radius 3 is 2.75 bits per heavy atom. The van der Waals surface area contributed by atoms with Crippen molar-refractivity contribution in [3.8, 4) is 6.07 Å². The van der Waals surface area contributed by atoms with E-state index in [9.17, 15) is 4.79 Å². The fourth-order valence-electron chi connectivity index (χ4n) is 1.82. The molecule has 1 amide bonds. The van der Waals surface area contributed by atoms with Crippen LogP contribution in [0.1, 0.15) is 32.6 Å². The largest absolute Gasteiger partial charge is 0.395 e.